The van der Waals surface area contributed by atoms with Gasteiger partial charge in [-0.3, -0.25) is 4.79 Å². The van der Waals surface area contributed by atoms with E-state index in [2.05, 4.69) is 34.3 Å². The van der Waals surface area contributed by atoms with Gasteiger partial charge in [-0.05, 0) is 60.8 Å². The van der Waals surface area contributed by atoms with Gasteiger partial charge >= 0.3 is 0 Å². The SMILES string of the molecule is [C-]#[N+]c1cc(C(C)C)c2oc(-c3ccc(C(=O)NC[C@@H]4CCNCCO4)cc3)nc2c1. The molecule has 1 amide bonds. The van der Waals surface area contributed by atoms with Crippen molar-refractivity contribution in [2.75, 3.05) is 26.2 Å². The Labute approximate surface area is 181 Å². The maximum Gasteiger partial charge on any atom is 0.251 e. The molecule has 7 nitrogen and oxygen atoms in total. The summed E-state index contributed by atoms with van der Waals surface area (Å²) in [6.45, 7) is 14.4. The smallest absolute Gasteiger partial charge is 0.251 e. The van der Waals surface area contributed by atoms with Crippen LogP contribution in [0, 0.1) is 6.57 Å². The van der Waals surface area contributed by atoms with Crippen LogP contribution in [0.3, 0.4) is 0 Å². The zero-order chi connectivity index (χ0) is 21.8. The summed E-state index contributed by atoms with van der Waals surface area (Å²) in [7, 11) is 0. The van der Waals surface area contributed by atoms with E-state index in [9.17, 15) is 4.79 Å². The lowest BCUT2D eigenvalue weighted by Crippen LogP contribution is -2.34. The predicted molar refractivity (Wildman–Crippen MR) is 119 cm³/mol. The Hall–Kier alpha value is -3.21. The number of amides is 1. The molecule has 1 aromatic heterocycles. The number of benzene rings is 2. The third-order valence-corrected chi connectivity index (χ3v) is 5.41. The molecule has 2 aromatic carbocycles. The molecule has 1 aliphatic rings. The Morgan fingerprint density at radius 3 is 2.84 bits per heavy atom. The fraction of sp³-hybridized carbons (Fsp3) is 0.375. The monoisotopic (exact) mass is 418 g/mol. The Bertz CT molecular complexity index is 1100. The minimum atomic E-state index is -0.131. The number of fused-ring (bicyclic) bond motifs is 1. The molecule has 1 aliphatic heterocycles. The molecule has 0 bridgehead atoms. The molecule has 0 radical (unpaired) electrons. The van der Waals surface area contributed by atoms with Crippen LogP contribution in [-0.2, 0) is 4.74 Å². The quantitative estimate of drug-likeness (QED) is 0.605. The van der Waals surface area contributed by atoms with Crippen LogP contribution in [0.25, 0.3) is 27.4 Å². The van der Waals surface area contributed by atoms with Crippen molar-refractivity contribution in [3.05, 3.63) is 58.9 Å². The van der Waals surface area contributed by atoms with Gasteiger partial charge in [-0.15, -0.1) is 0 Å². The van der Waals surface area contributed by atoms with Gasteiger partial charge in [0.1, 0.15) is 0 Å². The standard InChI is InChI=1S/C24H26N4O3/c1-15(2)20-12-18(25-3)13-21-22(20)31-24(28-21)17-6-4-16(5-7-17)23(29)27-14-19-8-9-26-10-11-30-19/h4-7,12-13,15,19,26H,8-11,14H2,1-2H3,(H,27,29)/t19-/m0/s1. The Morgan fingerprint density at radius 1 is 1.29 bits per heavy atom. The van der Waals surface area contributed by atoms with Gasteiger partial charge in [0.15, 0.2) is 11.3 Å². The second-order valence-corrected chi connectivity index (χ2v) is 7.99. The molecule has 1 atom stereocenters. The van der Waals surface area contributed by atoms with Crippen molar-refractivity contribution in [3.8, 4) is 11.5 Å². The number of nitrogens with zero attached hydrogens (tertiary/aromatic N) is 2. The number of rotatable bonds is 5. The van der Waals surface area contributed by atoms with Gasteiger partial charge in [0.25, 0.3) is 5.91 Å². The van der Waals surface area contributed by atoms with Crippen LogP contribution in [0.1, 0.15) is 42.1 Å². The molecule has 2 heterocycles. The van der Waals surface area contributed by atoms with Crippen LogP contribution in [0.2, 0.25) is 0 Å². The zero-order valence-corrected chi connectivity index (χ0v) is 17.8. The van der Waals surface area contributed by atoms with E-state index in [-0.39, 0.29) is 17.9 Å². The van der Waals surface area contributed by atoms with E-state index in [0.717, 1.165) is 30.6 Å². The van der Waals surface area contributed by atoms with Crippen molar-refractivity contribution in [1.29, 1.82) is 0 Å². The molecule has 0 saturated carbocycles. The van der Waals surface area contributed by atoms with Gasteiger partial charge in [-0.2, -0.15) is 0 Å². The Balaban J connectivity index is 1.50. The van der Waals surface area contributed by atoms with Crippen molar-refractivity contribution in [1.82, 2.24) is 15.6 Å². The third kappa shape index (κ3) is 4.76. The van der Waals surface area contributed by atoms with Crippen LogP contribution in [0.5, 0.6) is 0 Å². The number of carbonyl (C=O) groups is 1. The highest BCUT2D eigenvalue weighted by molar-refractivity contribution is 5.94. The van der Waals surface area contributed by atoms with Gasteiger partial charge < -0.3 is 19.8 Å². The van der Waals surface area contributed by atoms with Crippen LogP contribution < -0.4 is 10.6 Å². The Morgan fingerprint density at radius 2 is 2.10 bits per heavy atom. The number of aromatic nitrogens is 1. The predicted octanol–water partition coefficient (Wildman–Crippen LogP) is 4.28. The summed E-state index contributed by atoms with van der Waals surface area (Å²) in [4.78, 5) is 20.6. The lowest BCUT2D eigenvalue weighted by molar-refractivity contribution is 0.0606. The van der Waals surface area contributed by atoms with Gasteiger partial charge in [-0.1, -0.05) is 13.8 Å². The van der Waals surface area contributed by atoms with E-state index >= 15 is 0 Å². The van der Waals surface area contributed by atoms with E-state index in [0.29, 0.717) is 41.4 Å². The van der Waals surface area contributed by atoms with Crippen LogP contribution >= 0.6 is 0 Å². The summed E-state index contributed by atoms with van der Waals surface area (Å²) in [5.74, 6) is 0.559. The summed E-state index contributed by atoms with van der Waals surface area (Å²) in [6.07, 6.45) is 0.915. The van der Waals surface area contributed by atoms with Crippen LogP contribution in [0.4, 0.5) is 5.69 Å². The summed E-state index contributed by atoms with van der Waals surface area (Å²) < 4.78 is 11.8. The summed E-state index contributed by atoms with van der Waals surface area (Å²) >= 11 is 0. The number of hydrogen-bond acceptors (Lipinski definition) is 5. The van der Waals surface area contributed by atoms with E-state index in [1.54, 1.807) is 18.2 Å². The second-order valence-electron chi connectivity index (χ2n) is 7.99. The molecule has 2 N–H and O–H groups in total. The van der Waals surface area contributed by atoms with Crippen molar-refractivity contribution < 1.29 is 13.9 Å². The molecule has 31 heavy (non-hydrogen) atoms. The number of nitrogens with one attached hydrogen (secondary N) is 2. The van der Waals surface area contributed by atoms with Gasteiger partial charge in [0.05, 0.1) is 24.8 Å². The summed E-state index contributed by atoms with van der Waals surface area (Å²) in [5.41, 5.74) is 4.25. The lowest BCUT2D eigenvalue weighted by atomic mass is 10.0. The minimum absolute atomic E-state index is 0.0356. The summed E-state index contributed by atoms with van der Waals surface area (Å²) in [6, 6.07) is 10.8. The second kappa shape index (κ2) is 9.29. The molecule has 0 spiro atoms. The number of ether oxygens (including phenoxy) is 1. The molecular formula is C24H26N4O3. The van der Waals surface area contributed by atoms with Crippen LogP contribution in [-0.4, -0.2) is 43.2 Å². The average molecular weight is 418 g/mol. The first-order valence-corrected chi connectivity index (χ1v) is 10.6. The molecule has 1 fully saturated rings. The maximum atomic E-state index is 12.5. The highest BCUT2D eigenvalue weighted by Crippen LogP contribution is 2.33. The minimum Gasteiger partial charge on any atom is -0.436 e. The molecular weight excluding hydrogens is 392 g/mol. The normalized spacial score (nSPS) is 16.8. The molecule has 7 heteroatoms. The summed E-state index contributed by atoms with van der Waals surface area (Å²) in [5, 5.41) is 6.23. The molecule has 1 saturated heterocycles. The lowest BCUT2D eigenvalue weighted by Gasteiger charge is -2.15. The molecule has 0 aliphatic carbocycles. The fourth-order valence-corrected chi connectivity index (χ4v) is 3.66. The number of hydrogen-bond donors (Lipinski definition) is 2. The maximum absolute atomic E-state index is 12.5. The third-order valence-electron chi connectivity index (χ3n) is 5.41. The number of carbonyl (C=O) groups excluding carboxylic acids is 1. The number of oxazole rings is 1. The highest BCUT2D eigenvalue weighted by Gasteiger charge is 2.17. The van der Waals surface area contributed by atoms with Crippen molar-refractivity contribution in [3.63, 3.8) is 0 Å². The van der Waals surface area contributed by atoms with Crippen molar-refractivity contribution >= 4 is 22.7 Å². The van der Waals surface area contributed by atoms with Gasteiger partial charge in [-0.25, -0.2) is 9.83 Å². The van der Waals surface area contributed by atoms with Gasteiger partial charge in [0.2, 0.25) is 5.89 Å². The molecule has 4 rings (SSSR count). The van der Waals surface area contributed by atoms with E-state index in [1.807, 2.05) is 18.2 Å². The largest absolute Gasteiger partial charge is 0.436 e. The molecule has 0 unspecified atom stereocenters. The fourth-order valence-electron chi connectivity index (χ4n) is 3.66. The molecule has 3 aromatic rings. The topological polar surface area (TPSA) is 80.8 Å². The van der Waals surface area contributed by atoms with Crippen molar-refractivity contribution in [2.24, 2.45) is 0 Å². The first-order valence-electron chi connectivity index (χ1n) is 10.6. The molecule has 160 valence electrons. The van der Waals surface area contributed by atoms with Gasteiger partial charge in [0, 0.05) is 24.2 Å². The van der Waals surface area contributed by atoms with Crippen LogP contribution in [0.15, 0.2) is 40.8 Å². The van der Waals surface area contributed by atoms with E-state index in [4.69, 9.17) is 15.7 Å². The van der Waals surface area contributed by atoms with Crippen molar-refractivity contribution in [2.45, 2.75) is 32.3 Å². The zero-order valence-electron chi connectivity index (χ0n) is 17.8. The highest BCUT2D eigenvalue weighted by atomic mass is 16.5. The Kier molecular flexibility index (Phi) is 6.31. The van der Waals surface area contributed by atoms with E-state index in [1.165, 1.54) is 0 Å². The first-order chi connectivity index (χ1) is 15.0. The average Bonchev–Trinajstić information content (AvgIpc) is 3.04. The first kappa shape index (κ1) is 21.0. The van der Waals surface area contributed by atoms with E-state index < -0.39 is 0 Å².